The molecule has 2 aromatic carbocycles. The van der Waals surface area contributed by atoms with Crippen LogP contribution in [0.2, 0.25) is 0 Å². The van der Waals surface area contributed by atoms with E-state index in [1.165, 1.54) is 70.0 Å². The smallest absolute Gasteiger partial charge is 0.175 e. The van der Waals surface area contributed by atoms with Gasteiger partial charge in [-0.25, -0.2) is 0 Å². The maximum absolute atomic E-state index is 12.9. The molecule has 0 aliphatic heterocycles. The molecule has 3 aromatic rings. The Hall–Kier alpha value is -1.96. The van der Waals surface area contributed by atoms with Gasteiger partial charge in [0, 0.05) is 11.1 Å². The van der Waals surface area contributed by atoms with Gasteiger partial charge in [0.15, 0.2) is 20.2 Å². The highest BCUT2D eigenvalue weighted by atomic mass is 32.2. The second-order valence-electron chi connectivity index (χ2n) is 8.76. The van der Waals surface area contributed by atoms with Gasteiger partial charge in [0.2, 0.25) is 0 Å². The fourth-order valence-electron chi connectivity index (χ4n) is 4.62. The first kappa shape index (κ1) is 22.8. The van der Waals surface area contributed by atoms with Gasteiger partial charge in [-0.15, -0.1) is 10.2 Å². The third kappa shape index (κ3) is 4.96. The van der Waals surface area contributed by atoms with Gasteiger partial charge in [-0.3, -0.25) is 9.59 Å². The summed E-state index contributed by atoms with van der Waals surface area (Å²) in [6.07, 6.45) is 6.72. The Morgan fingerprint density at radius 3 is 1.61 bits per heavy atom. The van der Waals surface area contributed by atoms with E-state index in [-0.39, 0.29) is 22.1 Å². The van der Waals surface area contributed by atoms with E-state index in [1.54, 1.807) is 0 Å². The fraction of sp³-hybridized carbons (Fsp3) is 0.385. The van der Waals surface area contributed by atoms with Crippen LogP contribution < -0.4 is 0 Å². The van der Waals surface area contributed by atoms with Crippen LogP contribution in [0, 0.1) is 0 Å². The molecule has 2 atom stereocenters. The van der Waals surface area contributed by atoms with E-state index in [9.17, 15) is 9.59 Å². The zero-order valence-electron chi connectivity index (χ0n) is 18.8. The van der Waals surface area contributed by atoms with Crippen LogP contribution in [0.25, 0.3) is 0 Å². The summed E-state index contributed by atoms with van der Waals surface area (Å²) < 4.78 is 1.52. The van der Waals surface area contributed by atoms with Crippen LogP contribution in [-0.4, -0.2) is 32.3 Å². The van der Waals surface area contributed by atoms with Gasteiger partial charge in [-0.2, -0.15) is 0 Å². The number of benzene rings is 2. The van der Waals surface area contributed by atoms with E-state index < -0.39 is 0 Å². The van der Waals surface area contributed by atoms with Gasteiger partial charge < -0.3 is 0 Å². The molecule has 0 saturated carbocycles. The van der Waals surface area contributed by atoms with Crippen molar-refractivity contribution < 1.29 is 9.59 Å². The minimum absolute atomic E-state index is 0.124. The molecule has 0 radical (unpaired) electrons. The third-order valence-corrected chi connectivity index (χ3v) is 9.74. The summed E-state index contributed by atoms with van der Waals surface area (Å²) in [5, 5.41) is 8.07. The summed E-state index contributed by atoms with van der Waals surface area (Å²) in [7, 11) is 0. The van der Waals surface area contributed by atoms with E-state index in [0.29, 0.717) is 0 Å². The Bertz CT molecular complexity index is 1130. The molecule has 0 N–H and O–H groups in total. The average molecular weight is 495 g/mol. The van der Waals surface area contributed by atoms with Crippen LogP contribution in [0.4, 0.5) is 0 Å². The molecule has 5 rings (SSSR count). The predicted octanol–water partition coefficient (Wildman–Crippen LogP) is 6.24. The Balaban J connectivity index is 1.20. The number of aryl methyl sites for hydroxylation is 4. The lowest BCUT2D eigenvalue weighted by Crippen LogP contribution is -2.13. The van der Waals surface area contributed by atoms with Gasteiger partial charge in [0.05, 0.1) is 10.5 Å². The number of aromatic nitrogens is 2. The number of thioether (sulfide) groups is 2. The van der Waals surface area contributed by atoms with Crippen molar-refractivity contribution in [2.75, 3.05) is 0 Å². The monoisotopic (exact) mass is 494 g/mol. The van der Waals surface area contributed by atoms with E-state index in [0.717, 1.165) is 45.5 Å². The molecule has 4 nitrogen and oxygen atoms in total. The van der Waals surface area contributed by atoms with Gasteiger partial charge in [0.25, 0.3) is 0 Å². The molecule has 2 aliphatic rings. The van der Waals surface area contributed by atoms with Crippen molar-refractivity contribution in [1.82, 2.24) is 10.2 Å². The highest BCUT2D eigenvalue weighted by Gasteiger charge is 2.23. The number of ketones is 2. The summed E-state index contributed by atoms with van der Waals surface area (Å²) in [5.41, 5.74) is 6.94. The van der Waals surface area contributed by atoms with Crippen LogP contribution in [-0.2, 0) is 25.7 Å². The number of rotatable bonds is 8. The molecule has 33 heavy (non-hydrogen) atoms. The Labute approximate surface area is 207 Å². The number of Topliss-reactive ketones (excluding diaryl/α,β-unsaturated/α-hetero) is 2. The van der Waals surface area contributed by atoms with Gasteiger partial charge in [0.1, 0.15) is 0 Å². The van der Waals surface area contributed by atoms with Crippen molar-refractivity contribution in [3.63, 3.8) is 0 Å². The summed E-state index contributed by atoms with van der Waals surface area (Å²) in [6, 6.07) is 12.2. The number of hydrogen-bond acceptors (Lipinski definition) is 7. The molecule has 1 heterocycles. The lowest BCUT2D eigenvalue weighted by Gasteiger charge is -2.10. The zero-order chi connectivity index (χ0) is 22.9. The molecule has 2 aliphatic carbocycles. The quantitative estimate of drug-likeness (QED) is 0.273. The highest BCUT2D eigenvalue weighted by molar-refractivity contribution is 8.04. The Kier molecular flexibility index (Phi) is 6.72. The van der Waals surface area contributed by atoms with E-state index in [2.05, 4.69) is 34.5 Å². The number of hydrogen-bond donors (Lipinski definition) is 0. The first-order valence-corrected chi connectivity index (χ1v) is 14.0. The second-order valence-corrected chi connectivity index (χ2v) is 12.9. The Morgan fingerprint density at radius 2 is 1.15 bits per heavy atom. The van der Waals surface area contributed by atoms with E-state index >= 15 is 0 Å². The lowest BCUT2D eigenvalue weighted by molar-refractivity contribution is 0.0986. The molecule has 0 bridgehead atoms. The lowest BCUT2D eigenvalue weighted by atomic mass is 10.0. The molecule has 7 heteroatoms. The average Bonchev–Trinajstić information content (AvgIpc) is 3.57. The normalized spacial score (nSPS) is 16.3. The summed E-state index contributed by atoms with van der Waals surface area (Å²) in [5.74, 6) is 0.249. The summed E-state index contributed by atoms with van der Waals surface area (Å²) in [6.45, 7) is 3.85. The van der Waals surface area contributed by atoms with Gasteiger partial charge in [-0.1, -0.05) is 59.1 Å². The minimum atomic E-state index is -0.235. The molecule has 0 amide bonds. The van der Waals surface area contributed by atoms with Crippen LogP contribution >= 0.6 is 34.9 Å². The number of nitrogens with zero attached hydrogens (tertiary/aromatic N) is 2. The van der Waals surface area contributed by atoms with Crippen LogP contribution in [0.5, 0.6) is 0 Å². The van der Waals surface area contributed by atoms with Gasteiger partial charge >= 0.3 is 0 Å². The minimum Gasteiger partial charge on any atom is -0.293 e. The molecule has 0 fully saturated rings. The standard InChI is InChI=1S/C26H26N2O2S3/c1-15(23(29)21-11-9-17-5-3-7-19(17)13-21)31-25-27-28-26(33-25)32-16(2)24(30)22-12-10-18-6-4-8-20(18)14-22/h9-16H,3-8H2,1-2H3/t15-,16+. The van der Waals surface area contributed by atoms with Crippen LogP contribution in [0.3, 0.4) is 0 Å². The second kappa shape index (κ2) is 9.72. The highest BCUT2D eigenvalue weighted by Crippen LogP contribution is 2.35. The SMILES string of the molecule is C[C@H](Sc1nnc(S[C@H](C)C(=O)c2ccc3c(c2)CCC3)s1)C(=O)c1ccc2c(c1)CCC2. The molecule has 0 spiro atoms. The van der Waals surface area contributed by atoms with Crippen molar-refractivity contribution >= 4 is 46.4 Å². The maximum atomic E-state index is 12.9. The number of carbonyl (C=O) groups excluding carboxylic acids is 2. The van der Waals surface area contributed by atoms with Gasteiger partial charge in [-0.05, 0) is 86.8 Å². The first-order valence-electron chi connectivity index (χ1n) is 11.5. The van der Waals surface area contributed by atoms with E-state index in [4.69, 9.17) is 0 Å². The largest absolute Gasteiger partial charge is 0.293 e. The van der Waals surface area contributed by atoms with Crippen molar-refractivity contribution in [3.8, 4) is 0 Å². The van der Waals surface area contributed by atoms with Crippen molar-refractivity contribution in [3.05, 3.63) is 69.8 Å². The van der Waals surface area contributed by atoms with Crippen molar-refractivity contribution in [2.45, 2.75) is 71.6 Å². The zero-order valence-corrected chi connectivity index (χ0v) is 21.2. The Morgan fingerprint density at radius 1 is 0.727 bits per heavy atom. The molecule has 170 valence electrons. The predicted molar refractivity (Wildman–Crippen MR) is 136 cm³/mol. The molecular weight excluding hydrogens is 468 g/mol. The van der Waals surface area contributed by atoms with Crippen LogP contribution in [0.15, 0.2) is 45.1 Å². The molecule has 0 unspecified atom stereocenters. The maximum Gasteiger partial charge on any atom is 0.175 e. The third-order valence-electron chi connectivity index (χ3n) is 6.45. The number of carbonyl (C=O) groups is 2. The number of fused-ring (bicyclic) bond motifs is 2. The molecular formula is C26H26N2O2S3. The van der Waals surface area contributed by atoms with Crippen LogP contribution in [0.1, 0.15) is 69.7 Å². The molecule has 1 aromatic heterocycles. The summed E-state index contributed by atoms with van der Waals surface area (Å²) in [4.78, 5) is 25.9. The van der Waals surface area contributed by atoms with Crippen molar-refractivity contribution in [1.29, 1.82) is 0 Å². The van der Waals surface area contributed by atoms with E-state index in [1.807, 2.05) is 26.0 Å². The first-order chi connectivity index (χ1) is 16.0. The topological polar surface area (TPSA) is 59.9 Å². The molecule has 0 saturated heterocycles. The fourth-order valence-corrected chi connectivity index (χ4v) is 8.08. The van der Waals surface area contributed by atoms with Crippen molar-refractivity contribution in [2.24, 2.45) is 0 Å². The summed E-state index contributed by atoms with van der Waals surface area (Å²) >= 11 is 4.34.